The minimum atomic E-state index is -0.654. The van der Waals surface area contributed by atoms with Crippen molar-refractivity contribution in [3.8, 4) is 5.69 Å². The van der Waals surface area contributed by atoms with Crippen molar-refractivity contribution in [2.45, 2.75) is 19.4 Å². The third-order valence-electron chi connectivity index (χ3n) is 3.80. The highest BCUT2D eigenvalue weighted by atomic mass is 16.3. The summed E-state index contributed by atoms with van der Waals surface area (Å²) in [5.74, 6) is -0.356. The minimum Gasteiger partial charge on any atom is -0.391 e. The Hall–Kier alpha value is -2.99. The number of aliphatic hydroxyl groups is 1. The van der Waals surface area contributed by atoms with Crippen LogP contribution in [0.5, 0.6) is 0 Å². The van der Waals surface area contributed by atoms with E-state index in [9.17, 15) is 9.90 Å². The van der Waals surface area contributed by atoms with Crippen molar-refractivity contribution >= 4 is 5.91 Å². The molecule has 0 fully saturated rings. The van der Waals surface area contributed by atoms with Gasteiger partial charge in [0, 0.05) is 13.0 Å². The van der Waals surface area contributed by atoms with Gasteiger partial charge in [0.1, 0.15) is 0 Å². The summed E-state index contributed by atoms with van der Waals surface area (Å²) in [6.45, 7) is 2.15. The quantitative estimate of drug-likeness (QED) is 0.721. The summed E-state index contributed by atoms with van der Waals surface area (Å²) >= 11 is 0. The van der Waals surface area contributed by atoms with Crippen LogP contribution in [0.25, 0.3) is 5.69 Å². The number of hydrogen-bond acceptors (Lipinski definition) is 4. The lowest BCUT2D eigenvalue weighted by molar-refractivity contribution is 0.0911. The Morgan fingerprint density at radius 2 is 2.00 bits per heavy atom. The molecule has 1 amide bonds. The number of nitrogens with one attached hydrogen (secondary N) is 1. The SMILES string of the molecule is Cc1cccc(-n2cc(C(=O)NCC(O)Cc3ccccc3)nn2)c1. The normalized spacial score (nSPS) is 11.9. The van der Waals surface area contributed by atoms with Gasteiger partial charge in [-0.3, -0.25) is 4.79 Å². The maximum Gasteiger partial charge on any atom is 0.273 e. The van der Waals surface area contributed by atoms with Crippen LogP contribution < -0.4 is 5.32 Å². The Balaban J connectivity index is 1.57. The van der Waals surface area contributed by atoms with E-state index >= 15 is 0 Å². The van der Waals surface area contributed by atoms with E-state index in [2.05, 4.69) is 15.6 Å². The zero-order chi connectivity index (χ0) is 17.6. The first-order chi connectivity index (χ1) is 12.1. The van der Waals surface area contributed by atoms with Crippen LogP contribution in [-0.2, 0) is 6.42 Å². The Kier molecular flexibility index (Phi) is 5.20. The average Bonchev–Trinajstić information content (AvgIpc) is 3.11. The lowest BCUT2D eigenvalue weighted by Crippen LogP contribution is -2.33. The highest BCUT2D eigenvalue weighted by Crippen LogP contribution is 2.09. The van der Waals surface area contributed by atoms with E-state index in [0.29, 0.717) is 6.42 Å². The molecule has 128 valence electrons. The Labute approximate surface area is 146 Å². The summed E-state index contributed by atoms with van der Waals surface area (Å²) in [5.41, 5.74) is 3.18. The molecule has 6 nitrogen and oxygen atoms in total. The first-order valence-electron chi connectivity index (χ1n) is 8.11. The van der Waals surface area contributed by atoms with Gasteiger partial charge in [0.15, 0.2) is 5.69 Å². The molecule has 2 N–H and O–H groups in total. The second kappa shape index (κ2) is 7.72. The molecule has 0 bridgehead atoms. The molecule has 1 atom stereocenters. The van der Waals surface area contributed by atoms with Crippen LogP contribution in [0.15, 0.2) is 60.8 Å². The number of carbonyl (C=O) groups is 1. The first-order valence-corrected chi connectivity index (χ1v) is 8.11. The maximum absolute atomic E-state index is 12.2. The van der Waals surface area contributed by atoms with Crippen molar-refractivity contribution in [2.24, 2.45) is 0 Å². The fourth-order valence-corrected chi connectivity index (χ4v) is 2.52. The largest absolute Gasteiger partial charge is 0.391 e. The van der Waals surface area contributed by atoms with E-state index in [-0.39, 0.29) is 18.1 Å². The number of aromatic nitrogens is 3. The predicted molar refractivity (Wildman–Crippen MR) is 94.6 cm³/mol. The molecule has 0 spiro atoms. The number of nitrogens with zero attached hydrogens (tertiary/aromatic N) is 3. The van der Waals surface area contributed by atoms with E-state index in [1.807, 2.05) is 61.5 Å². The Morgan fingerprint density at radius 1 is 1.20 bits per heavy atom. The Morgan fingerprint density at radius 3 is 2.76 bits per heavy atom. The molecule has 3 aromatic rings. The van der Waals surface area contributed by atoms with Gasteiger partial charge in [-0.25, -0.2) is 4.68 Å². The molecule has 1 unspecified atom stereocenters. The molecule has 0 aliphatic carbocycles. The van der Waals surface area contributed by atoms with E-state index < -0.39 is 6.10 Å². The molecule has 1 aromatic heterocycles. The summed E-state index contributed by atoms with van der Waals surface area (Å²) in [7, 11) is 0. The van der Waals surface area contributed by atoms with Crippen molar-refractivity contribution in [3.63, 3.8) is 0 Å². The third-order valence-corrected chi connectivity index (χ3v) is 3.80. The van der Waals surface area contributed by atoms with E-state index in [0.717, 1.165) is 16.8 Å². The molecule has 0 aliphatic rings. The fraction of sp³-hybridized carbons (Fsp3) is 0.211. The molecule has 1 heterocycles. The second-order valence-corrected chi connectivity index (χ2v) is 5.94. The molecule has 6 heteroatoms. The van der Waals surface area contributed by atoms with E-state index in [4.69, 9.17) is 0 Å². The number of aliphatic hydroxyl groups excluding tert-OH is 1. The monoisotopic (exact) mass is 336 g/mol. The molecule has 2 aromatic carbocycles. The van der Waals surface area contributed by atoms with E-state index in [1.54, 1.807) is 10.9 Å². The van der Waals surface area contributed by atoms with Gasteiger partial charge in [-0.15, -0.1) is 5.10 Å². The summed E-state index contributed by atoms with van der Waals surface area (Å²) in [4.78, 5) is 12.2. The molecule has 3 rings (SSSR count). The van der Waals surface area contributed by atoms with Crippen molar-refractivity contribution in [2.75, 3.05) is 6.54 Å². The number of amides is 1. The molecule has 0 saturated carbocycles. The second-order valence-electron chi connectivity index (χ2n) is 5.94. The molecule has 0 aliphatic heterocycles. The summed E-state index contributed by atoms with van der Waals surface area (Å²) in [5, 5.41) is 20.6. The fourth-order valence-electron chi connectivity index (χ4n) is 2.52. The molecule has 0 radical (unpaired) electrons. The van der Waals surface area contributed by atoms with Gasteiger partial charge in [-0.05, 0) is 30.2 Å². The number of rotatable bonds is 6. The van der Waals surface area contributed by atoms with Gasteiger partial charge in [-0.2, -0.15) is 0 Å². The molecular weight excluding hydrogens is 316 g/mol. The van der Waals surface area contributed by atoms with Crippen molar-refractivity contribution in [1.82, 2.24) is 20.3 Å². The van der Waals surface area contributed by atoms with Crippen LogP contribution in [-0.4, -0.2) is 38.7 Å². The Bertz CT molecular complexity index is 845. The van der Waals surface area contributed by atoms with Gasteiger partial charge in [0.2, 0.25) is 0 Å². The van der Waals surface area contributed by atoms with Crippen LogP contribution in [0, 0.1) is 6.92 Å². The van der Waals surface area contributed by atoms with Crippen LogP contribution in [0.1, 0.15) is 21.6 Å². The highest BCUT2D eigenvalue weighted by Gasteiger charge is 2.13. The highest BCUT2D eigenvalue weighted by molar-refractivity contribution is 5.91. The van der Waals surface area contributed by atoms with E-state index in [1.165, 1.54) is 0 Å². The molecular formula is C19H20N4O2. The average molecular weight is 336 g/mol. The van der Waals surface area contributed by atoms with Crippen molar-refractivity contribution in [3.05, 3.63) is 77.6 Å². The summed E-state index contributed by atoms with van der Waals surface area (Å²) in [6, 6.07) is 17.4. The number of aryl methyl sites for hydroxylation is 1. The molecule has 25 heavy (non-hydrogen) atoms. The smallest absolute Gasteiger partial charge is 0.273 e. The topological polar surface area (TPSA) is 80.0 Å². The zero-order valence-corrected chi connectivity index (χ0v) is 14.0. The van der Waals surface area contributed by atoms with Crippen molar-refractivity contribution in [1.29, 1.82) is 0 Å². The first kappa shape index (κ1) is 16.9. The summed E-state index contributed by atoms with van der Waals surface area (Å²) < 4.78 is 1.56. The number of carbonyl (C=O) groups excluding carboxylic acids is 1. The van der Waals surface area contributed by atoms with Gasteiger partial charge in [0.05, 0.1) is 18.0 Å². The minimum absolute atomic E-state index is 0.158. The van der Waals surface area contributed by atoms with Crippen LogP contribution in [0.4, 0.5) is 0 Å². The number of hydrogen-bond donors (Lipinski definition) is 2. The summed E-state index contributed by atoms with van der Waals surface area (Å²) in [6.07, 6.45) is 1.41. The van der Waals surface area contributed by atoms with Gasteiger partial charge in [-0.1, -0.05) is 47.7 Å². The van der Waals surface area contributed by atoms with Crippen molar-refractivity contribution < 1.29 is 9.90 Å². The molecule has 0 saturated heterocycles. The third kappa shape index (κ3) is 4.51. The lowest BCUT2D eigenvalue weighted by Gasteiger charge is -2.11. The standard InChI is InChI=1S/C19H20N4O2/c1-14-6-5-9-16(10-14)23-13-18(21-22-23)19(25)20-12-17(24)11-15-7-3-2-4-8-15/h2-10,13,17,24H,11-12H2,1H3,(H,20,25). The van der Waals surface area contributed by atoms with Crippen LogP contribution in [0.3, 0.4) is 0 Å². The zero-order valence-electron chi connectivity index (χ0n) is 14.0. The van der Waals surface area contributed by atoms with Gasteiger partial charge >= 0.3 is 0 Å². The van der Waals surface area contributed by atoms with Crippen LogP contribution in [0.2, 0.25) is 0 Å². The maximum atomic E-state index is 12.2. The van der Waals surface area contributed by atoms with Gasteiger partial charge < -0.3 is 10.4 Å². The van der Waals surface area contributed by atoms with Crippen LogP contribution >= 0.6 is 0 Å². The predicted octanol–water partition coefficient (Wildman–Crippen LogP) is 1.91. The number of benzene rings is 2. The van der Waals surface area contributed by atoms with Gasteiger partial charge in [0.25, 0.3) is 5.91 Å². The lowest BCUT2D eigenvalue weighted by atomic mass is 10.1.